The Bertz CT molecular complexity index is 575. The summed E-state index contributed by atoms with van der Waals surface area (Å²) in [6, 6.07) is 18.1. The van der Waals surface area contributed by atoms with E-state index in [0.717, 1.165) is 30.5 Å². The molecule has 0 unspecified atom stereocenters. The molecule has 110 valence electrons. The third-order valence-corrected chi connectivity index (χ3v) is 3.51. The van der Waals surface area contributed by atoms with Crippen LogP contribution in [0.3, 0.4) is 0 Å². The van der Waals surface area contributed by atoms with Crippen LogP contribution in [0.2, 0.25) is 0 Å². The Morgan fingerprint density at radius 2 is 1.67 bits per heavy atom. The average molecular weight is 281 g/mol. The van der Waals surface area contributed by atoms with Crippen LogP contribution in [-0.4, -0.2) is 12.5 Å². The minimum atomic E-state index is 0.0298. The number of amides is 1. The van der Waals surface area contributed by atoms with Crippen molar-refractivity contribution in [3.8, 4) is 0 Å². The maximum absolute atomic E-state index is 12.3. The van der Waals surface area contributed by atoms with Crippen molar-refractivity contribution in [2.75, 3.05) is 6.54 Å². The van der Waals surface area contributed by atoms with E-state index in [1.807, 2.05) is 42.5 Å². The predicted octanol–water partition coefficient (Wildman–Crippen LogP) is 4.05. The van der Waals surface area contributed by atoms with E-state index in [9.17, 15) is 4.79 Å². The summed E-state index contributed by atoms with van der Waals surface area (Å²) in [6.45, 7) is 5.06. The van der Waals surface area contributed by atoms with Crippen molar-refractivity contribution >= 4 is 5.91 Å². The molecule has 0 fully saturated rings. The Morgan fingerprint density at radius 3 is 2.38 bits per heavy atom. The number of rotatable bonds is 6. The van der Waals surface area contributed by atoms with Crippen molar-refractivity contribution in [3.63, 3.8) is 0 Å². The number of carbonyl (C=O) groups excluding carboxylic acids is 1. The molecule has 0 aromatic heterocycles. The first-order valence-electron chi connectivity index (χ1n) is 7.57. The van der Waals surface area contributed by atoms with Crippen LogP contribution in [0, 0.1) is 5.92 Å². The quantitative estimate of drug-likeness (QED) is 0.850. The van der Waals surface area contributed by atoms with E-state index in [2.05, 4.69) is 31.3 Å². The highest BCUT2D eigenvalue weighted by atomic mass is 16.1. The molecule has 0 atom stereocenters. The number of carbonyl (C=O) groups is 1. The van der Waals surface area contributed by atoms with Crippen molar-refractivity contribution in [1.29, 1.82) is 0 Å². The van der Waals surface area contributed by atoms with Gasteiger partial charge in [-0.05, 0) is 36.0 Å². The summed E-state index contributed by atoms with van der Waals surface area (Å²) < 4.78 is 0. The summed E-state index contributed by atoms with van der Waals surface area (Å²) in [6.07, 6.45) is 1.79. The van der Waals surface area contributed by atoms with Gasteiger partial charge in [0.2, 0.25) is 0 Å². The summed E-state index contributed by atoms with van der Waals surface area (Å²) in [4.78, 5) is 12.3. The zero-order chi connectivity index (χ0) is 15.1. The zero-order valence-corrected chi connectivity index (χ0v) is 12.8. The lowest BCUT2D eigenvalue weighted by Gasteiger charge is -2.11. The molecule has 2 heteroatoms. The van der Waals surface area contributed by atoms with E-state index in [0.29, 0.717) is 5.92 Å². The molecule has 0 saturated heterocycles. The van der Waals surface area contributed by atoms with Crippen LogP contribution in [-0.2, 0) is 6.42 Å². The summed E-state index contributed by atoms with van der Waals surface area (Å²) in [7, 11) is 0. The van der Waals surface area contributed by atoms with E-state index < -0.39 is 0 Å². The first-order valence-corrected chi connectivity index (χ1v) is 7.57. The highest BCUT2D eigenvalue weighted by Gasteiger charge is 2.10. The van der Waals surface area contributed by atoms with Gasteiger partial charge in [0.1, 0.15) is 0 Å². The molecule has 0 spiro atoms. The van der Waals surface area contributed by atoms with E-state index >= 15 is 0 Å². The SMILES string of the molecule is CC(C)CCNC(=O)c1ccccc1Cc1ccccc1. The van der Waals surface area contributed by atoms with Gasteiger partial charge in [0.15, 0.2) is 0 Å². The molecule has 0 aliphatic heterocycles. The first-order chi connectivity index (χ1) is 10.2. The van der Waals surface area contributed by atoms with Crippen molar-refractivity contribution in [3.05, 3.63) is 71.3 Å². The molecule has 2 rings (SSSR count). The van der Waals surface area contributed by atoms with Crippen molar-refractivity contribution in [2.24, 2.45) is 5.92 Å². The largest absolute Gasteiger partial charge is 0.352 e. The molecule has 1 N–H and O–H groups in total. The molecular formula is C19H23NO. The molecule has 2 aromatic rings. The highest BCUT2D eigenvalue weighted by Crippen LogP contribution is 2.14. The Kier molecular flexibility index (Phi) is 5.56. The van der Waals surface area contributed by atoms with Gasteiger partial charge in [-0.15, -0.1) is 0 Å². The van der Waals surface area contributed by atoms with Crippen LogP contribution in [0.15, 0.2) is 54.6 Å². The molecule has 0 radical (unpaired) electrons. The predicted molar refractivity (Wildman–Crippen MR) is 87.5 cm³/mol. The Hall–Kier alpha value is -2.09. The lowest BCUT2D eigenvalue weighted by Crippen LogP contribution is -2.26. The summed E-state index contributed by atoms with van der Waals surface area (Å²) in [5.74, 6) is 0.632. The van der Waals surface area contributed by atoms with Crippen LogP contribution in [0.25, 0.3) is 0 Å². The van der Waals surface area contributed by atoms with Gasteiger partial charge in [0.05, 0.1) is 0 Å². The molecular weight excluding hydrogens is 258 g/mol. The monoisotopic (exact) mass is 281 g/mol. The van der Waals surface area contributed by atoms with Crippen molar-refractivity contribution < 1.29 is 4.79 Å². The van der Waals surface area contributed by atoms with Gasteiger partial charge >= 0.3 is 0 Å². The van der Waals surface area contributed by atoms with Crippen molar-refractivity contribution in [1.82, 2.24) is 5.32 Å². The van der Waals surface area contributed by atoms with Gasteiger partial charge in [-0.2, -0.15) is 0 Å². The maximum Gasteiger partial charge on any atom is 0.251 e. The second-order valence-corrected chi connectivity index (χ2v) is 5.76. The summed E-state index contributed by atoms with van der Waals surface area (Å²) in [5, 5.41) is 3.02. The van der Waals surface area contributed by atoms with Crippen LogP contribution in [0.5, 0.6) is 0 Å². The average Bonchev–Trinajstić information content (AvgIpc) is 2.48. The number of benzene rings is 2. The normalized spacial score (nSPS) is 10.6. The fraction of sp³-hybridized carbons (Fsp3) is 0.316. The fourth-order valence-corrected chi connectivity index (χ4v) is 2.28. The van der Waals surface area contributed by atoms with Crippen molar-refractivity contribution in [2.45, 2.75) is 26.7 Å². The van der Waals surface area contributed by atoms with Gasteiger partial charge in [0.25, 0.3) is 5.91 Å². The Labute approximate surface area is 127 Å². The lowest BCUT2D eigenvalue weighted by atomic mass is 9.99. The number of hydrogen-bond acceptors (Lipinski definition) is 1. The molecule has 2 aromatic carbocycles. The standard InChI is InChI=1S/C19H23NO/c1-15(2)12-13-20-19(21)18-11-7-6-10-17(18)14-16-8-4-3-5-9-16/h3-11,15H,12-14H2,1-2H3,(H,20,21). The van der Waals surface area contributed by atoms with Gasteiger partial charge in [0, 0.05) is 12.1 Å². The molecule has 21 heavy (non-hydrogen) atoms. The van der Waals surface area contributed by atoms with Crippen LogP contribution < -0.4 is 5.32 Å². The van der Waals surface area contributed by atoms with Gasteiger partial charge in [-0.3, -0.25) is 4.79 Å². The minimum Gasteiger partial charge on any atom is -0.352 e. The second-order valence-electron chi connectivity index (χ2n) is 5.76. The number of nitrogens with one attached hydrogen (secondary N) is 1. The fourth-order valence-electron chi connectivity index (χ4n) is 2.28. The third-order valence-electron chi connectivity index (χ3n) is 3.51. The summed E-state index contributed by atoms with van der Waals surface area (Å²) in [5.41, 5.74) is 3.08. The van der Waals surface area contributed by atoms with Gasteiger partial charge in [-0.1, -0.05) is 62.4 Å². The van der Waals surface area contributed by atoms with E-state index in [-0.39, 0.29) is 5.91 Å². The third kappa shape index (κ3) is 4.75. The maximum atomic E-state index is 12.3. The van der Waals surface area contributed by atoms with Crippen LogP contribution in [0.1, 0.15) is 41.8 Å². The van der Waals surface area contributed by atoms with Gasteiger partial charge < -0.3 is 5.32 Å². The molecule has 0 heterocycles. The Balaban J connectivity index is 2.07. The van der Waals surface area contributed by atoms with E-state index in [1.165, 1.54) is 5.56 Å². The summed E-state index contributed by atoms with van der Waals surface area (Å²) >= 11 is 0. The topological polar surface area (TPSA) is 29.1 Å². The first kappa shape index (κ1) is 15.3. The molecule has 0 aliphatic carbocycles. The number of hydrogen-bond donors (Lipinski definition) is 1. The lowest BCUT2D eigenvalue weighted by molar-refractivity contribution is 0.0951. The molecule has 0 aliphatic rings. The van der Waals surface area contributed by atoms with Gasteiger partial charge in [-0.25, -0.2) is 0 Å². The second kappa shape index (κ2) is 7.63. The molecule has 0 bridgehead atoms. The Morgan fingerprint density at radius 1 is 1.00 bits per heavy atom. The van der Waals surface area contributed by atoms with Crippen LogP contribution >= 0.6 is 0 Å². The van der Waals surface area contributed by atoms with E-state index in [1.54, 1.807) is 0 Å². The molecule has 2 nitrogen and oxygen atoms in total. The smallest absolute Gasteiger partial charge is 0.251 e. The highest BCUT2D eigenvalue weighted by molar-refractivity contribution is 5.95. The zero-order valence-electron chi connectivity index (χ0n) is 12.8. The van der Waals surface area contributed by atoms with Crippen LogP contribution in [0.4, 0.5) is 0 Å². The molecule has 0 saturated carbocycles. The van der Waals surface area contributed by atoms with E-state index in [4.69, 9.17) is 0 Å². The minimum absolute atomic E-state index is 0.0298. The molecule has 1 amide bonds.